The van der Waals surface area contributed by atoms with Crippen LogP contribution in [0.25, 0.3) is 6.08 Å². The van der Waals surface area contributed by atoms with Crippen molar-refractivity contribution >= 4 is 39.3 Å². The number of nitrogens with zero attached hydrogens (tertiary/aromatic N) is 2. The zero-order chi connectivity index (χ0) is 22.8. The van der Waals surface area contributed by atoms with Gasteiger partial charge in [0.1, 0.15) is 5.75 Å². The summed E-state index contributed by atoms with van der Waals surface area (Å²) in [4.78, 5) is 31.5. The number of carbonyl (C=O) groups is 1. The summed E-state index contributed by atoms with van der Waals surface area (Å²) in [7, 11) is 1.59. The summed E-state index contributed by atoms with van der Waals surface area (Å²) in [5.74, 6) is 0.214. The first-order valence-electron chi connectivity index (χ1n) is 10.0. The summed E-state index contributed by atoms with van der Waals surface area (Å²) in [5.41, 5.74) is 2.38. The number of hydrogen-bond donors (Lipinski definition) is 0. The Bertz CT molecular complexity index is 1370. The molecular weight excluding hydrogens is 492 g/mol. The molecular formula is C24H21BrN2O4S. The van der Waals surface area contributed by atoms with Gasteiger partial charge in [-0.2, -0.15) is 0 Å². The van der Waals surface area contributed by atoms with E-state index in [2.05, 4.69) is 20.9 Å². The summed E-state index contributed by atoms with van der Waals surface area (Å²) >= 11 is 4.73. The minimum Gasteiger partial charge on any atom is -0.497 e. The molecule has 6 nitrogen and oxygen atoms in total. The molecule has 4 rings (SSSR count). The Morgan fingerprint density at radius 1 is 1.19 bits per heavy atom. The van der Waals surface area contributed by atoms with E-state index in [4.69, 9.17) is 9.47 Å². The number of hydrogen-bond acceptors (Lipinski definition) is 6. The van der Waals surface area contributed by atoms with Crippen LogP contribution in [0.5, 0.6) is 5.75 Å². The molecule has 32 heavy (non-hydrogen) atoms. The highest BCUT2D eigenvalue weighted by Gasteiger charge is 2.33. The molecule has 0 saturated carbocycles. The second-order valence-corrected chi connectivity index (χ2v) is 9.05. The first kappa shape index (κ1) is 22.2. The summed E-state index contributed by atoms with van der Waals surface area (Å²) in [5, 5.41) is 0. The lowest BCUT2D eigenvalue weighted by molar-refractivity contribution is -0.139. The van der Waals surface area contributed by atoms with Crippen LogP contribution in [0.3, 0.4) is 0 Å². The quantitative estimate of drug-likeness (QED) is 0.490. The second-order valence-electron chi connectivity index (χ2n) is 7.13. The van der Waals surface area contributed by atoms with Gasteiger partial charge in [0, 0.05) is 4.47 Å². The molecule has 8 heteroatoms. The van der Waals surface area contributed by atoms with Crippen LogP contribution in [0.1, 0.15) is 31.0 Å². The number of thiazole rings is 1. The molecule has 1 aliphatic heterocycles. The van der Waals surface area contributed by atoms with Crippen LogP contribution in [0.2, 0.25) is 0 Å². The lowest BCUT2D eigenvalue weighted by Gasteiger charge is -2.24. The molecule has 0 aliphatic carbocycles. The van der Waals surface area contributed by atoms with Gasteiger partial charge in [0.05, 0.1) is 35.6 Å². The van der Waals surface area contributed by atoms with Crippen molar-refractivity contribution in [3.05, 3.63) is 95.1 Å². The molecule has 1 atom stereocenters. The van der Waals surface area contributed by atoms with E-state index in [9.17, 15) is 9.59 Å². The third-order valence-corrected chi connectivity index (χ3v) is 6.63. The molecule has 0 fully saturated rings. The van der Waals surface area contributed by atoms with Crippen LogP contribution < -0.4 is 19.6 Å². The maximum atomic E-state index is 13.5. The van der Waals surface area contributed by atoms with Crippen molar-refractivity contribution < 1.29 is 14.3 Å². The van der Waals surface area contributed by atoms with Gasteiger partial charge in [-0.15, -0.1) is 0 Å². The Kier molecular flexibility index (Phi) is 6.43. The van der Waals surface area contributed by atoms with E-state index in [-0.39, 0.29) is 12.2 Å². The van der Waals surface area contributed by atoms with Crippen LogP contribution in [0, 0.1) is 0 Å². The van der Waals surface area contributed by atoms with Gasteiger partial charge in [-0.05, 0) is 55.3 Å². The molecule has 0 radical (unpaired) electrons. The number of allylic oxidation sites excluding steroid dienone is 1. The van der Waals surface area contributed by atoms with Crippen LogP contribution in [-0.2, 0) is 9.53 Å². The van der Waals surface area contributed by atoms with Crippen LogP contribution in [0.15, 0.2) is 74.1 Å². The second kappa shape index (κ2) is 9.26. The first-order valence-corrected chi connectivity index (χ1v) is 11.6. The minimum atomic E-state index is -0.636. The van der Waals surface area contributed by atoms with Gasteiger partial charge in [-0.25, -0.2) is 9.79 Å². The number of fused-ring (bicyclic) bond motifs is 1. The Balaban J connectivity index is 1.93. The molecule has 1 aliphatic rings. The van der Waals surface area contributed by atoms with Crippen molar-refractivity contribution in [1.82, 2.24) is 4.57 Å². The standard InChI is InChI=1S/C24H21BrN2O4S/c1-4-31-23(29)20-14(2)26-24-27(21(20)16-7-11-18(30-3)12-8-16)22(28)19(32-24)13-15-5-9-17(25)10-6-15/h5-13,21H,4H2,1-3H3/b19-13-/t21-/m1/s1. The van der Waals surface area contributed by atoms with Crippen molar-refractivity contribution in [3.63, 3.8) is 0 Å². The number of halogens is 1. The van der Waals surface area contributed by atoms with Crippen molar-refractivity contribution in [3.8, 4) is 5.75 Å². The first-order chi connectivity index (χ1) is 15.4. The summed E-state index contributed by atoms with van der Waals surface area (Å²) in [6.07, 6.45) is 1.84. The Morgan fingerprint density at radius 2 is 1.88 bits per heavy atom. The van der Waals surface area contributed by atoms with Crippen LogP contribution in [0.4, 0.5) is 0 Å². The summed E-state index contributed by atoms with van der Waals surface area (Å²) in [6.45, 7) is 3.76. The van der Waals surface area contributed by atoms with E-state index >= 15 is 0 Å². The van der Waals surface area contributed by atoms with E-state index in [0.717, 1.165) is 15.6 Å². The number of benzene rings is 2. The molecule has 0 N–H and O–H groups in total. The Hall–Kier alpha value is -2.97. The highest BCUT2D eigenvalue weighted by molar-refractivity contribution is 9.10. The zero-order valence-corrected chi connectivity index (χ0v) is 20.2. The molecule has 0 bridgehead atoms. The van der Waals surface area contributed by atoms with Gasteiger partial charge in [0.2, 0.25) is 0 Å². The summed E-state index contributed by atoms with van der Waals surface area (Å²) in [6, 6.07) is 14.4. The van der Waals surface area contributed by atoms with Crippen molar-refractivity contribution in [2.45, 2.75) is 19.9 Å². The molecule has 2 aromatic carbocycles. The fourth-order valence-electron chi connectivity index (χ4n) is 3.60. The molecule has 0 saturated heterocycles. The van der Waals surface area contributed by atoms with E-state index in [0.29, 0.717) is 26.4 Å². The SMILES string of the molecule is CCOC(=O)C1=C(C)N=c2s/c(=C\c3ccc(Br)cc3)c(=O)n2[C@@H]1c1ccc(OC)cc1. The Morgan fingerprint density at radius 3 is 2.50 bits per heavy atom. The topological polar surface area (TPSA) is 69.9 Å². The number of ether oxygens (including phenoxy) is 2. The maximum absolute atomic E-state index is 13.5. The number of esters is 1. The largest absolute Gasteiger partial charge is 0.497 e. The third kappa shape index (κ3) is 4.20. The average Bonchev–Trinajstić information content (AvgIpc) is 3.09. The average molecular weight is 513 g/mol. The maximum Gasteiger partial charge on any atom is 0.338 e. The van der Waals surface area contributed by atoms with E-state index in [1.165, 1.54) is 11.3 Å². The molecule has 0 amide bonds. The lowest BCUT2D eigenvalue weighted by Crippen LogP contribution is -2.39. The Labute approximate surface area is 197 Å². The molecule has 1 aromatic heterocycles. The third-order valence-electron chi connectivity index (χ3n) is 5.12. The minimum absolute atomic E-state index is 0.202. The number of rotatable bonds is 5. The van der Waals surface area contributed by atoms with E-state index in [1.54, 1.807) is 25.5 Å². The van der Waals surface area contributed by atoms with Gasteiger partial charge in [-0.3, -0.25) is 9.36 Å². The normalized spacial score (nSPS) is 15.9. The molecule has 0 unspecified atom stereocenters. The van der Waals surface area contributed by atoms with Gasteiger partial charge in [0.15, 0.2) is 4.80 Å². The number of carbonyl (C=O) groups excluding carboxylic acids is 1. The molecule has 3 aromatic rings. The van der Waals surface area contributed by atoms with E-state index in [1.807, 2.05) is 54.6 Å². The smallest absolute Gasteiger partial charge is 0.338 e. The van der Waals surface area contributed by atoms with Gasteiger partial charge in [0.25, 0.3) is 5.56 Å². The van der Waals surface area contributed by atoms with Gasteiger partial charge < -0.3 is 9.47 Å². The zero-order valence-electron chi connectivity index (χ0n) is 17.8. The molecule has 164 valence electrons. The lowest BCUT2D eigenvalue weighted by atomic mass is 9.96. The van der Waals surface area contributed by atoms with Gasteiger partial charge >= 0.3 is 5.97 Å². The van der Waals surface area contributed by atoms with Crippen molar-refractivity contribution in [2.75, 3.05) is 13.7 Å². The number of aromatic nitrogens is 1. The molecule has 0 spiro atoms. The molecule has 2 heterocycles. The highest BCUT2D eigenvalue weighted by Crippen LogP contribution is 2.31. The predicted octanol–water partition coefficient (Wildman–Crippen LogP) is 3.57. The van der Waals surface area contributed by atoms with Gasteiger partial charge in [-0.1, -0.05) is 51.5 Å². The number of methoxy groups -OCH3 is 1. The van der Waals surface area contributed by atoms with Crippen LogP contribution >= 0.6 is 27.3 Å². The van der Waals surface area contributed by atoms with Crippen LogP contribution in [-0.4, -0.2) is 24.3 Å². The predicted molar refractivity (Wildman–Crippen MR) is 128 cm³/mol. The van der Waals surface area contributed by atoms with Crippen molar-refractivity contribution in [1.29, 1.82) is 0 Å². The fraction of sp³-hybridized carbons (Fsp3) is 0.208. The highest BCUT2D eigenvalue weighted by atomic mass is 79.9. The van der Waals surface area contributed by atoms with E-state index < -0.39 is 12.0 Å². The fourth-order valence-corrected chi connectivity index (χ4v) is 4.91. The van der Waals surface area contributed by atoms with Crippen molar-refractivity contribution in [2.24, 2.45) is 4.99 Å². The summed E-state index contributed by atoms with van der Waals surface area (Å²) < 4.78 is 13.7. The monoisotopic (exact) mass is 512 g/mol.